The quantitative estimate of drug-likeness (QED) is 0.714. The Hall–Kier alpha value is -2.09. The molecule has 0 atom stereocenters. The second kappa shape index (κ2) is 4.19. The van der Waals surface area contributed by atoms with Gasteiger partial charge in [-0.1, -0.05) is 36.9 Å². The van der Waals surface area contributed by atoms with Gasteiger partial charge in [0.25, 0.3) is 0 Å². The molecule has 80 valence electrons. The van der Waals surface area contributed by atoms with Gasteiger partial charge in [-0.2, -0.15) is 0 Å². The number of esters is 1. The summed E-state index contributed by atoms with van der Waals surface area (Å²) in [5, 5.41) is 2.10. The number of benzene rings is 2. The molecule has 0 aliphatic rings. The molecule has 0 aliphatic carbocycles. The van der Waals surface area contributed by atoms with E-state index in [0.29, 0.717) is 5.56 Å². The highest BCUT2D eigenvalue weighted by molar-refractivity contribution is 5.97. The van der Waals surface area contributed by atoms with Gasteiger partial charge >= 0.3 is 5.97 Å². The van der Waals surface area contributed by atoms with Crippen LogP contribution >= 0.6 is 0 Å². The molecule has 0 bridgehead atoms. The number of hydrogen-bond acceptors (Lipinski definition) is 2. The maximum Gasteiger partial charge on any atom is 0.337 e. The summed E-state index contributed by atoms with van der Waals surface area (Å²) in [5.41, 5.74) is 1.63. The van der Waals surface area contributed by atoms with Gasteiger partial charge in [0.1, 0.15) is 0 Å². The monoisotopic (exact) mass is 212 g/mol. The second-order valence-electron chi connectivity index (χ2n) is 3.48. The van der Waals surface area contributed by atoms with Gasteiger partial charge in [0.2, 0.25) is 0 Å². The molecule has 2 nitrogen and oxygen atoms in total. The largest absolute Gasteiger partial charge is 0.465 e. The molecule has 16 heavy (non-hydrogen) atoms. The zero-order chi connectivity index (χ0) is 11.5. The SMILES string of the molecule is C=Cc1cccc2cc(C(=O)OC)ccc12. The Kier molecular flexibility index (Phi) is 2.73. The first-order chi connectivity index (χ1) is 7.76. The molecule has 0 aliphatic heterocycles. The minimum Gasteiger partial charge on any atom is -0.465 e. The van der Waals surface area contributed by atoms with E-state index in [1.807, 2.05) is 30.3 Å². The Morgan fingerprint density at radius 2 is 2.12 bits per heavy atom. The standard InChI is InChI=1S/C14H12O2/c1-3-10-5-4-6-11-9-12(14(15)16-2)7-8-13(10)11/h3-9H,1H2,2H3. The van der Waals surface area contributed by atoms with Gasteiger partial charge < -0.3 is 4.74 Å². The van der Waals surface area contributed by atoms with Crippen molar-refractivity contribution in [1.29, 1.82) is 0 Å². The Morgan fingerprint density at radius 3 is 2.81 bits per heavy atom. The number of hydrogen-bond donors (Lipinski definition) is 0. The molecule has 0 fully saturated rings. The van der Waals surface area contributed by atoms with Crippen LogP contribution in [0.3, 0.4) is 0 Å². The minimum atomic E-state index is -0.314. The van der Waals surface area contributed by atoms with Crippen molar-refractivity contribution in [2.45, 2.75) is 0 Å². The van der Waals surface area contributed by atoms with Gasteiger partial charge in [-0.05, 0) is 28.5 Å². The van der Waals surface area contributed by atoms with Crippen LogP contribution in [0.25, 0.3) is 16.8 Å². The first-order valence-electron chi connectivity index (χ1n) is 5.00. The minimum absolute atomic E-state index is 0.314. The maximum absolute atomic E-state index is 11.4. The summed E-state index contributed by atoms with van der Waals surface area (Å²) >= 11 is 0. The molecular formula is C14H12O2. The molecule has 0 radical (unpaired) electrons. The van der Waals surface area contributed by atoms with Crippen LogP contribution in [-0.2, 0) is 4.74 Å². The summed E-state index contributed by atoms with van der Waals surface area (Å²) < 4.78 is 4.68. The molecule has 2 rings (SSSR count). The lowest BCUT2D eigenvalue weighted by Crippen LogP contribution is -2.00. The molecule has 0 unspecified atom stereocenters. The van der Waals surface area contributed by atoms with Crippen molar-refractivity contribution in [3.63, 3.8) is 0 Å². The Morgan fingerprint density at radius 1 is 1.31 bits per heavy atom. The third kappa shape index (κ3) is 1.70. The normalized spacial score (nSPS) is 10.1. The molecule has 0 heterocycles. The molecule has 2 heteroatoms. The van der Waals surface area contributed by atoms with Crippen LogP contribution in [0.2, 0.25) is 0 Å². The lowest BCUT2D eigenvalue weighted by Gasteiger charge is -2.04. The lowest BCUT2D eigenvalue weighted by molar-refractivity contribution is 0.0601. The van der Waals surface area contributed by atoms with Crippen LogP contribution in [0.15, 0.2) is 43.0 Å². The van der Waals surface area contributed by atoms with E-state index >= 15 is 0 Å². The summed E-state index contributed by atoms with van der Waals surface area (Å²) in [7, 11) is 1.38. The van der Waals surface area contributed by atoms with Crippen LogP contribution in [0.1, 0.15) is 15.9 Å². The third-order valence-electron chi connectivity index (χ3n) is 2.56. The molecule has 2 aromatic carbocycles. The summed E-state index contributed by atoms with van der Waals surface area (Å²) in [6.07, 6.45) is 1.81. The van der Waals surface area contributed by atoms with Gasteiger partial charge in [0.15, 0.2) is 0 Å². The van der Waals surface area contributed by atoms with Crippen LogP contribution in [0, 0.1) is 0 Å². The third-order valence-corrected chi connectivity index (χ3v) is 2.56. The van der Waals surface area contributed by atoms with Crippen LogP contribution in [-0.4, -0.2) is 13.1 Å². The van der Waals surface area contributed by atoms with Crippen molar-refractivity contribution in [1.82, 2.24) is 0 Å². The molecular weight excluding hydrogens is 200 g/mol. The van der Waals surface area contributed by atoms with E-state index in [9.17, 15) is 4.79 Å². The van der Waals surface area contributed by atoms with Crippen molar-refractivity contribution in [3.8, 4) is 0 Å². The van der Waals surface area contributed by atoms with Gasteiger partial charge in [-0.25, -0.2) is 4.79 Å². The maximum atomic E-state index is 11.4. The average molecular weight is 212 g/mol. The van der Waals surface area contributed by atoms with Crippen molar-refractivity contribution >= 4 is 22.8 Å². The molecule has 0 saturated carbocycles. The summed E-state index contributed by atoms with van der Waals surface area (Å²) in [6.45, 7) is 3.76. The fourth-order valence-corrected chi connectivity index (χ4v) is 1.73. The molecule has 0 aromatic heterocycles. The van der Waals surface area contributed by atoms with Crippen molar-refractivity contribution in [3.05, 3.63) is 54.1 Å². The number of methoxy groups -OCH3 is 1. The fraction of sp³-hybridized carbons (Fsp3) is 0.0714. The molecule has 0 saturated heterocycles. The van der Waals surface area contributed by atoms with Crippen LogP contribution < -0.4 is 0 Å². The highest BCUT2D eigenvalue weighted by Crippen LogP contribution is 2.21. The molecule has 0 spiro atoms. The van der Waals surface area contributed by atoms with Crippen molar-refractivity contribution in [2.75, 3.05) is 7.11 Å². The van der Waals surface area contributed by atoms with Gasteiger partial charge in [0.05, 0.1) is 12.7 Å². The van der Waals surface area contributed by atoms with E-state index in [1.165, 1.54) is 7.11 Å². The van der Waals surface area contributed by atoms with Gasteiger partial charge in [-0.15, -0.1) is 0 Å². The van der Waals surface area contributed by atoms with Crippen LogP contribution in [0.4, 0.5) is 0 Å². The van der Waals surface area contributed by atoms with E-state index in [0.717, 1.165) is 16.3 Å². The smallest absolute Gasteiger partial charge is 0.337 e. The second-order valence-corrected chi connectivity index (χ2v) is 3.48. The number of rotatable bonds is 2. The predicted octanol–water partition coefficient (Wildman–Crippen LogP) is 3.27. The first-order valence-corrected chi connectivity index (χ1v) is 5.00. The Balaban J connectivity index is 2.64. The summed E-state index contributed by atoms with van der Waals surface area (Å²) in [6, 6.07) is 11.4. The van der Waals surface area contributed by atoms with E-state index in [2.05, 4.69) is 11.3 Å². The van der Waals surface area contributed by atoms with Crippen molar-refractivity contribution < 1.29 is 9.53 Å². The van der Waals surface area contributed by atoms with Crippen molar-refractivity contribution in [2.24, 2.45) is 0 Å². The number of ether oxygens (including phenoxy) is 1. The highest BCUT2D eigenvalue weighted by Gasteiger charge is 2.06. The van der Waals surface area contributed by atoms with E-state index < -0.39 is 0 Å². The fourth-order valence-electron chi connectivity index (χ4n) is 1.73. The predicted molar refractivity (Wildman–Crippen MR) is 65.4 cm³/mol. The Labute approximate surface area is 94.2 Å². The Bertz CT molecular complexity index is 556. The van der Waals surface area contributed by atoms with Gasteiger partial charge in [0, 0.05) is 0 Å². The van der Waals surface area contributed by atoms with E-state index in [1.54, 1.807) is 12.1 Å². The highest BCUT2D eigenvalue weighted by atomic mass is 16.5. The van der Waals surface area contributed by atoms with E-state index in [4.69, 9.17) is 0 Å². The zero-order valence-electron chi connectivity index (χ0n) is 9.07. The summed E-state index contributed by atoms with van der Waals surface area (Å²) in [4.78, 5) is 11.4. The number of fused-ring (bicyclic) bond motifs is 1. The number of carbonyl (C=O) groups excluding carboxylic acids is 1. The summed E-state index contributed by atoms with van der Waals surface area (Å²) in [5.74, 6) is -0.314. The van der Waals surface area contributed by atoms with Crippen LogP contribution in [0.5, 0.6) is 0 Å². The first kappa shape index (κ1) is 10.4. The average Bonchev–Trinajstić information content (AvgIpc) is 2.36. The van der Waals surface area contributed by atoms with E-state index in [-0.39, 0.29) is 5.97 Å². The van der Waals surface area contributed by atoms with Gasteiger partial charge in [-0.3, -0.25) is 0 Å². The molecule has 0 N–H and O–H groups in total. The lowest BCUT2D eigenvalue weighted by atomic mass is 10.0. The molecule has 0 amide bonds. The molecule has 2 aromatic rings. The topological polar surface area (TPSA) is 26.3 Å². The zero-order valence-corrected chi connectivity index (χ0v) is 9.07. The number of carbonyl (C=O) groups is 1.